The van der Waals surface area contributed by atoms with Crippen molar-refractivity contribution in [2.75, 3.05) is 40.1 Å². The van der Waals surface area contributed by atoms with Gasteiger partial charge in [-0.1, -0.05) is 23.2 Å². The Morgan fingerprint density at radius 1 is 0.738 bits per heavy atom. The number of benzene rings is 2. The smallest absolute Gasteiger partial charge is 0.182 e. The number of rotatable bonds is 10. The molecule has 3 fully saturated rings. The van der Waals surface area contributed by atoms with Crippen LogP contribution in [0.25, 0.3) is 44.1 Å². The number of piperidine rings is 2. The van der Waals surface area contributed by atoms with Crippen molar-refractivity contribution in [1.29, 1.82) is 0 Å². The largest absolute Gasteiger partial charge is 0.392 e. The van der Waals surface area contributed by atoms with Crippen molar-refractivity contribution in [3.63, 3.8) is 0 Å². The molecular weight excluding hydrogens is 811 g/mol. The first-order valence-corrected chi connectivity index (χ1v) is 21.7. The van der Waals surface area contributed by atoms with E-state index < -0.39 is 6.10 Å². The molecule has 3 aliphatic rings. The highest BCUT2D eigenvalue weighted by atomic mass is 35.5. The topological polar surface area (TPSA) is 185 Å². The number of anilines is 4. The Morgan fingerprint density at radius 3 is 1.95 bits per heavy atom. The van der Waals surface area contributed by atoms with Gasteiger partial charge in [-0.25, -0.2) is 29.9 Å². The summed E-state index contributed by atoms with van der Waals surface area (Å²) in [5, 5.41) is 22.8. The van der Waals surface area contributed by atoms with Gasteiger partial charge in [-0.05, 0) is 87.8 Å². The number of H-pyrrole nitrogens is 2. The maximum atomic E-state index is 12.4. The van der Waals surface area contributed by atoms with E-state index in [1.165, 1.54) is 12.7 Å². The van der Waals surface area contributed by atoms with Gasteiger partial charge in [0.1, 0.15) is 23.7 Å². The first-order valence-electron chi connectivity index (χ1n) is 21.0. The minimum Gasteiger partial charge on any atom is -0.392 e. The van der Waals surface area contributed by atoms with Crippen LogP contribution in [0.5, 0.6) is 0 Å². The first kappa shape index (κ1) is 38.1. The molecule has 0 spiro atoms. The second-order valence-corrected chi connectivity index (χ2v) is 17.5. The van der Waals surface area contributed by atoms with E-state index in [1.54, 1.807) is 12.7 Å². The Balaban J connectivity index is 0.863. The van der Waals surface area contributed by atoms with Crippen molar-refractivity contribution in [1.82, 2.24) is 49.8 Å². The maximum absolute atomic E-state index is 12.4. The summed E-state index contributed by atoms with van der Waals surface area (Å²) in [4.78, 5) is 47.4. The molecule has 0 radical (unpaired) electrons. The Morgan fingerprint density at radius 2 is 1.33 bits per heavy atom. The lowest BCUT2D eigenvalue weighted by atomic mass is 9.79. The average Bonchev–Trinajstić information content (AvgIpc) is 3.67. The molecule has 310 valence electrons. The molecule has 11 rings (SSSR count). The molecule has 15 nitrogen and oxygen atoms in total. The lowest BCUT2D eigenvalue weighted by molar-refractivity contribution is 0.0262. The van der Waals surface area contributed by atoms with Gasteiger partial charge in [0.05, 0.1) is 63.3 Å². The number of aromatic amines is 2. The van der Waals surface area contributed by atoms with Gasteiger partial charge in [-0.2, -0.15) is 0 Å². The second-order valence-electron chi connectivity index (χ2n) is 16.7. The molecule has 2 saturated heterocycles. The summed E-state index contributed by atoms with van der Waals surface area (Å²) in [6.07, 6.45) is 13.3. The first-order chi connectivity index (χ1) is 29.8. The number of nitrogens with zero attached hydrogens (tertiary/aromatic N) is 10. The van der Waals surface area contributed by atoms with Crippen LogP contribution < -0.4 is 20.4 Å². The molecule has 0 bridgehead atoms. The molecule has 1 aliphatic carbocycles. The Hall–Kier alpha value is -5.90. The zero-order valence-corrected chi connectivity index (χ0v) is 35.1. The molecule has 8 aromatic rings. The number of nitrogens with one attached hydrogen (secondary N) is 4. The van der Waals surface area contributed by atoms with Crippen LogP contribution >= 0.6 is 23.2 Å². The van der Waals surface area contributed by atoms with Crippen molar-refractivity contribution < 1.29 is 5.11 Å². The van der Waals surface area contributed by atoms with Crippen LogP contribution in [0.2, 0.25) is 10.0 Å². The van der Waals surface area contributed by atoms with Crippen LogP contribution in [-0.4, -0.2) is 86.7 Å². The number of fused-ring (bicyclic) bond motifs is 5. The number of hydrogen-bond acceptors (Lipinski definition) is 13. The Kier molecular flexibility index (Phi) is 9.50. The molecule has 6 aromatic heterocycles. The number of aliphatic hydroxyl groups excluding tert-OH is 1. The standard InChI is InChI=1S/C44H44Cl2N14O/c1-22(57-43-36-41(51-18-49-36)53-20-55-43)28-14-31(45)26-7-3-10-47-34(26)38(28)59-12-5-6-24(17-59)40(61)25-9-13-60(33-16-30(25)33)39-29(15-32(46)27-8-4-11-48-35(27)39)23(2)58-44-37-42(52-19-50-37)54-21-56-44/h3-4,7-8,10-11,14-15,18-25,30,33,40,61H,5-6,9,12-13,16-17H2,1-2H3,(H2,49,51,53,55,57)(H2,50,52,54,56,58). The van der Waals surface area contributed by atoms with Crippen molar-refractivity contribution in [3.8, 4) is 0 Å². The van der Waals surface area contributed by atoms with E-state index in [0.29, 0.717) is 38.9 Å². The lowest BCUT2D eigenvalue weighted by Crippen LogP contribution is -2.47. The average molecular weight is 856 g/mol. The third-order valence-corrected chi connectivity index (χ3v) is 13.8. The highest BCUT2D eigenvalue weighted by molar-refractivity contribution is 6.36. The summed E-state index contributed by atoms with van der Waals surface area (Å²) < 4.78 is 0. The summed E-state index contributed by atoms with van der Waals surface area (Å²) in [5.74, 6) is 1.97. The third kappa shape index (κ3) is 6.61. The van der Waals surface area contributed by atoms with E-state index in [9.17, 15) is 5.11 Å². The Bertz CT molecular complexity index is 2940. The molecule has 2 aromatic carbocycles. The minimum atomic E-state index is -0.449. The van der Waals surface area contributed by atoms with Crippen molar-refractivity contribution in [2.45, 2.75) is 63.8 Å². The van der Waals surface area contributed by atoms with Gasteiger partial charge in [0.15, 0.2) is 22.9 Å². The third-order valence-electron chi connectivity index (χ3n) is 13.2. The molecular formula is C44H44Cl2N14O. The molecule has 0 amide bonds. The quantitative estimate of drug-likeness (QED) is 0.0887. The fourth-order valence-electron chi connectivity index (χ4n) is 10.3. The summed E-state index contributed by atoms with van der Waals surface area (Å²) in [7, 11) is 0. The van der Waals surface area contributed by atoms with Crippen molar-refractivity contribution in [2.24, 2.45) is 17.8 Å². The lowest BCUT2D eigenvalue weighted by Gasteiger charge is -2.43. The van der Waals surface area contributed by atoms with Gasteiger partial charge in [-0.15, -0.1) is 0 Å². The fraction of sp³-hybridized carbons (Fsp3) is 0.364. The van der Waals surface area contributed by atoms with Crippen LogP contribution in [0, 0.1) is 17.8 Å². The molecule has 17 heteroatoms. The molecule has 7 atom stereocenters. The predicted octanol–water partition coefficient (Wildman–Crippen LogP) is 8.26. The van der Waals surface area contributed by atoms with Gasteiger partial charge in [0.25, 0.3) is 0 Å². The second kappa shape index (κ2) is 15.2. The number of aliphatic hydroxyl groups is 1. The molecule has 2 aliphatic heterocycles. The summed E-state index contributed by atoms with van der Waals surface area (Å²) in [6.45, 7) is 6.61. The summed E-state index contributed by atoms with van der Waals surface area (Å²) in [5.41, 5.74) is 8.63. The fourth-order valence-corrected chi connectivity index (χ4v) is 10.8. The number of imidazole rings is 2. The van der Waals surface area contributed by atoms with E-state index in [4.69, 9.17) is 33.2 Å². The predicted molar refractivity (Wildman–Crippen MR) is 239 cm³/mol. The number of aromatic nitrogens is 10. The van der Waals surface area contributed by atoms with Crippen LogP contribution in [0.4, 0.5) is 23.0 Å². The van der Waals surface area contributed by atoms with Crippen LogP contribution in [0.1, 0.15) is 62.7 Å². The SMILES string of the molecule is CC(Nc1ncnc2nc[nH]c12)c1cc(Cl)c2cccnc2c1N1CCCC(C(O)C2CCN(c3c(C(C)Nc4ncnc5nc[nH]c45)cc(Cl)c4cccnc34)C3CC23)C1. The molecule has 7 unspecified atom stereocenters. The van der Waals surface area contributed by atoms with Gasteiger partial charge in [-0.3, -0.25) is 9.97 Å². The van der Waals surface area contributed by atoms with Gasteiger partial charge in [0.2, 0.25) is 0 Å². The van der Waals surface area contributed by atoms with Crippen LogP contribution in [-0.2, 0) is 0 Å². The number of pyridine rings is 2. The summed E-state index contributed by atoms with van der Waals surface area (Å²) >= 11 is 14.0. The van der Waals surface area contributed by atoms with Gasteiger partial charge >= 0.3 is 0 Å². The van der Waals surface area contributed by atoms with Crippen molar-refractivity contribution in [3.05, 3.63) is 95.3 Å². The highest BCUT2D eigenvalue weighted by Crippen LogP contribution is 2.54. The minimum absolute atomic E-state index is 0.0913. The van der Waals surface area contributed by atoms with E-state index >= 15 is 0 Å². The molecule has 61 heavy (non-hydrogen) atoms. The van der Waals surface area contributed by atoms with E-state index in [2.05, 4.69) is 86.3 Å². The van der Waals surface area contributed by atoms with Gasteiger partial charge in [0, 0.05) is 65.9 Å². The zero-order valence-electron chi connectivity index (χ0n) is 33.6. The molecule has 1 saturated carbocycles. The number of hydrogen-bond donors (Lipinski definition) is 5. The van der Waals surface area contributed by atoms with E-state index in [0.717, 1.165) is 101 Å². The summed E-state index contributed by atoms with van der Waals surface area (Å²) in [6, 6.07) is 12.0. The van der Waals surface area contributed by atoms with Gasteiger partial charge < -0.3 is 35.5 Å². The molecule has 8 heterocycles. The monoisotopic (exact) mass is 854 g/mol. The maximum Gasteiger partial charge on any atom is 0.182 e. The zero-order chi connectivity index (χ0) is 41.4. The van der Waals surface area contributed by atoms with Crippen LogP contribution in [0.3, 0.4) is 0 Å². The normalized spacial score (nSPS) is 21.8. The molecule has 5 N–H and O–H groups in total. The Labute approximate surface area is 360 Å². The van der Waals surface area contributed by atoms with Crippen molar-refractivity contribution >= 4 is 90.3 Å². The van der Waals surface area contributed by atoms with E-state index in [1.807, 2.05) is 36.7 Å². The highest BCUT2D eigenvalue weighted by Gasteiger charge is 2.54. The van der Waals surface area contributed by atoms with Crippen LogP contribution in [0.15, 0.2) is 74.1 Å². The van der Waals surface area contributed by atoms with E-state index in [-0.39, 0.29) is 30.0 Å². The number of halogens is 2.